The molecule has 35 heavy (non-hydrogen) atoms. The molecule has 0 aromatic heterocycles. The first-order valence-electron chi connectivity index (χ1n) is 11.4. The first kappa shape index (κ1) is 28.1. The van der Waals surface area contributed by atoms with Gasteiger partial charge in [0.2, 0.25) is 17.7 Å². The molecule has 3 atom stereocenters. The van der Waals surface area contributed by atoms with Gasteiger partial charge in [-0.3, -0.25) is 19.2 Å². The molecule has 194 valence electrons. The Morgan fingerprint density at radius 2 is 1.86 bits per heavy atom. The molecular formula is C23H32F3N5O4. The Balaban J connectivity index is 2.18. The Labute approximate surface area is 202 Å². The minimum Gasteiger partial charge on any atom is -0.370 e. The lowest BCUT2D eigenvalue weighted by Gasteiger charge is -2.33. The predicted molar refractivity (Wildman–Crippen MR) is 122 cm³/mol. The molecule has 0 aliphatic carbocycles. The number of likely N-dealkylation sites (N-methyl/N-ethyl adjacent to an activating group) is 1. The zero-order chi connectivity index (χ0) is 26.2. The molecule has 1 saturated heterocycles. The van der Waals surface area contributed by atoms with Crippen molar-refractivity contribution in [1.29, 1.82) is 0 Å². The van der Waals surface area contributed by atoms with Crippen molar-refractivity contribution in [3.05, 3.63) is 35.9 Å². The number of halogens is 3. The van der Waals surface area contributed by atoms with Gasteiger partial charge in [-0.15, -0.1) is 0 Å². The molecule has 2 rings (SSSR count). The number of hydrogen-bond donors (Lipinski definition) is 3. The summed E-state index contributed by atoms with van der Waals surface area (Å²) >= 11 is 0. The summed E-state index contributed by atoms with van der Waals surface area (Å²) in [4.78, 5) is 51.3. The Morgan fingerprint density at radius 1 is 1.20 bits per heavy atom. The molecule has 0 radical (unpaired) electrons. The number of likely N-dealkylation sites (tertiary alicyclic amines) is 1. The molecule has 1 heterocycles. The van der Waals surface area contributed by atoms with Gasteiger partial charge in [-0.2, -0.15) is 13.2 Å². The van der Waals surface area contributed by atoms with Gasteiger partial charge in [0, 0.05) is 25.7 Å². The van der Waals surface area contributed by atoms with E-state index in [2.05, 4.69) is 10.6 Å². The van der Waals surface area contributed by atoms with Crippen LogP contribution in [-0.2, 0) is 25.6 Å². The monoisotopic (exact) mass is 499 g/mol. The number of nitrogens with two attached hydrogens (primary N) is 1. The van der Waals surface area contributed by atoms with Crippen LogP contribution in [-0.4, -0.2) is 84.4 Å². The molecule has 0 unspecified atom stereocenters. The van der Waals surface area contributed by atoms with Gasteiger partial charge >= 0.3 is 12.1 Å². The summed E-state index contributed by atoms with van der Waals surface area (Å²) in [7, 11) is 1.55. The standard InChI is InChI=1S/C23H32F3N5O4/c1-15(28-2)20(33)29-18(13-19(27)32)21(34)31-11-6-9-17(31)14-30(22(35)23(24,25)26)12-10-16-7-4-3-5-8-16/h3-5,7-8,15,17-18,28H,6,9-14H2,1-2H3,(H2,27,32)(H,29,33)/t15-,17-,18-/m0/s1. The molecular weight excluding hydrogens is 467 g/mol. The SMILES string of the molecule is CN[C@@H](C)C(=O)N[C@@H](CC(N)=O)C(=O)N1CCC[C@H]1CN(CCc1ccccc1)C(=O)C(F)(F)F. The second-order valence-electron chi connectivity index (χ2n) is 8.55. The van der Waals surface area contributed by atoms with Crippen LogP contribution >= 0.6 is 0 Å². The van der Waals surface area contributed by atoms with E-state index in [0.717, 1.165) is 5.56 Å². The number of nitrogens with zero attached hydrogens (tertiary/aromatic N) is 2. The van der Waals surface area contributed by atoms with E-state index in [0.29, 0.717) is 17.7 Å². The van der Waals surface area contributed by atoms with Crippen LogP contribution in [0.3, 0.4) is 0 Å². The number of rotatable bonds is 11. The summed E-state index contributed by atoms with van der Waals surface area (Å²) in [6, 6.07) is 6.20. The van der Waals surface area contributed by atoms with Crippen molar-refractivity contribution in [3.63, 3.8) is 0 Å². The maximum absolute atomic E-state index is 13.3. The third-order valence-corrected chi connectivity index (χ3v) is 5.98. The van der Waals surface area contributed by atoms with Gasteiger partial charge in [-0.05, 0) is 38.8 Å². The van der Waals surface area contributed by atoms with Crippen LogP contribution < -0.4 is 16.4 Å². The van der Waals surface area contributed by atoms with E-state index >= 15 is 0 Å². The van der Waals surface area contributed by atoms with Gasteiger partial charge in [0.15, 0.2) is 0 Å². The van der Waals surface area contributed by atoms with E-state index in [4.69, 9.17) is 5.73 Å². The number of carbonyl (C=O) groups is 4. The second-order valence-corrected chi connectivity index (χ2v) is 8.55. The quantitative estimate of drug-likeness (QED) is 0.411. The molecule has 1 aromatic rings. The van der Waals surface area contributed by atoms with Crippen molar-refractivity contribution >= 4 is 23.6 Å². The zero-order valence-corrected chi connectivity index (χ0v) is 19.8. The Bertz CT molecular complexity index is 897. The van der Waals surface area contributed by atoms with Crippen molar-refractivity contribution in [2.45, 2.75) is 56.9 Å². The van der Waals surface area contributed by atoms with Crippen LogP contribution in [0.4, 0.5) is 13.2 Å². The summed E-state index contributed by atoms with van der Waals surface area (Å²) in [6.07, 6.45) is -4.42. The number of hydrogen-bond acceptors (Lipinski definition) is 5. The molecule has 0 saturated carbocycles. The van der Waals surface area contributed by atoms with Gasteiger partial charge < -0.3 is 26.2 Å². The van der Waals surface area contributed by atoms with E-state index in [1.807, 2.05) is 0 Å². The summed E-state index contributed by atoms with van der Waals surface area (Å²) in [6.45, 7) is 1.29. The number of alkyl halides is 3. The number of carbonyl (C=O) groups excluding carboxylic acids is 4. The average molecular weight is 500 g/mol. The van der Waals surface area contributed by atoms with E-state index < -0.39 is 54.4 Å². The van der Waals surface area contributed by atoms with Crippen molar-refractivity contribution in [2.75, 3.05) is 26.7 Å². The zero-order valence-electron chi connectivity index (χ0n) is 19.8. The predicted octanol–water partition coefficient (Wildman–Crippen LogP) is 0.579. The summed E-state index contributed by atoms with van der Waals surface area (Å²) in [5, 5.41) is 5.21. The summed E-state index contributed by atoms with van der Waals surface area (Å²) < 4.78 is 39.9. The highest BCUT2D eigenvalue weighted by atomic mass is 19.4. The van der Waals surface area contributed by atoms with Crippen molar-refractivity contribution in [3.8, 4) is 0 Å². The number of benzene rings is 1. The van der Waals surface area contributed by atoms with Gasteiger partial charge in [0.05, 0.1) is 12.5 Å². The van der Waals surface area contributed by atoms with Crippen LogP contribution in [0, 0.1) is 0 Å². The molecule has 1 fully saturated rings. The fourth-order valence-electron chi connectivity index (χ4n) is 3.96. The average Bonchev–Trinajstić information content (AvgIpc) is 3.27. The van der Waals surface area contributed by atoms with Crippen LogP contribution in [0.1, 0.15) is 31.7 Å². The Kier molecular flexibility index (Phi) is 10.1. The lowest BCUT2D eigenvalue weighted by molar-refractivity contribution is -0.186. The third-order valence-electron chi connectivity index (χ3n) is 5.98. The van der Waals surface area contributed by atoms with E-state index in [1.165, 1.54) is 4.90 Å². The van der Waals surface area contributed by atoms with Crippen molar-refractivity contribution in [1.82, 2.24) is 20.4 Å². The van der Waals surface area contributed by atoms with Crippen LogP contribution in [0.15, 0.2) is 30.3 Å². The minimum atomic E-state index is -5.06. The molecule has 4 N–H and O–H groups in total. The number of primary amides is 1. The smallest absolute Gasteiger partial charge is 0.370 e. The molecule has 1 aliphatic heterocycles. The molecule has 1 aliphatic rings. The van der Waals surface area contributed by atoms with Gasteiger partial charge in [-0.1, -0.05) is 30.3 Å². The molecule has 0 bridgehead atoms. The van der Waals surface area contributed by atoms with Crippen LogP contribution in [0.2, 0.25) is 0 Å². The molecule has 12 heteroatoms. The Hall–Kier alpha value is -3.15. The summed E-state index contributed by atoms with van der Waals surface area (Å²) in [5.41, 5.74) is 6.03. The largest absolute Gasteiger partial charge is 0.471 e. The van der Waals surface area contributed by atoms with Gasteiger partial charge in [0.25, 0.3) is 0 Å². The molecule has 9 nitrogen and oxygen atoms in total. The summed E-state index contributed by atoms with van der Waals surface area (Å²) in [5.74, 6) is -3.93. The number of nitrogens with one attached hydrogen (secondary N) is 2. The maximum atomic E-state index is 13.3. The highest BCUT2D eigenvalue weighted by Crippen LogP contribution is 2.24. The van der Waals surface area contributed by atoms with Gasteiger partial charge in [-0.25, -0.2) is 0 Å². The first-order valence-corrected chi connectivity index (χ1v) is 11.4. The lowest BCUT2D eigenvalue weighted by atomic mass is 10.1. The van der Waals surface area contributed by atoms with E-state index in [1.54, 1.807) is 44.3 Å². The normalized spacial score (nSPS) is 17.5. The highest BCUT2D eigenvalue weighted by Gasteiger charge is 2.44. The first-order chi connectivity index (χ1) is 16.4. The molecule has 4 amide bonds. The lowest BCUT2D eigenvalue weighted by Crippen LogP contribution is -2.56. The van der Waals surface area contributed by atoms with Crippen molar-refractivity contribution in [2.24, 2.45) is 5.73 Å². The maximum Gasteiger partial charge on any atom is 0.471 e. The van der Waals surface area contributed by atoms with Crippen molar-refractivity contribution < 1.29 is 32.3 Å². The topological polar surface area (TPSA) is 125 Å². The fraction of sp³-hybridized carbons (Fsp3) is 0.565. The fourth-order valence-corrected chi connectivity index (χ4v) is 3.96. The van der Waals surface area contributed by atoms with Crippen LogP contribution in [0.25, 0.3) is 0 Å². The molecule has 1 aromatic carbocycles. The van der Waals surface area contributed by atoms with Gasteiger partial charge in [0.1, 0.15) is 6.04 Å². The second kappa shape index (κ2) is 12.5. The minimum absolute atomic E-state index is 0.179. The van der Waals surface area contributed by atoms with Crippen LogP contribution in [0.5, 0.6) is 0 Å². The number of amides is 4. The Morgan fingerprint density at radius 3 is 2.43 bits per heavy atom. The van der Waals surface area contributed by atoms with E-state index in [9.17, 15) is 32.3 Å². The third kappa shape index (κ3) is 8.23. The highest BCUT2D eigenvalue weighted by molar-refractivity contribution is 5.93. The van der Waals surface area contributed by atoms with E-state index in [-0.39, 0.29) is 26.1 Å². The molecule has 0 spiro atoms.